The highest BCUT2D eigenvalue weighted by Gasteiger charge is 2.26. The highest BCUT2D eigenvalue weighted by Crippen LogP contribution is 2.32. The summed E-state index contributed by atoms with van der Waals surface area (Å²) in [6.07, 6.45) is 3.55. The fourth-order valence-corrected chi connectivity index (χ4v) is 3.98. The van der Waals surface area contributed by atoms with Crippen LogP contribution in [-0.4, -0.2) is 77.7 Å². The molecule has 2 aromatic rings. The maximum absolute atomic E-state index is 12.5. The first kappa shape index (κ1) is 22.0. The summed E-state index contributed by atoms with van der Waals surface area (Å²) in [5, 5.41) is 12.4. The van der Waals surface area contributed by atoms with E-state index in [1.54, 1.807) is 24.4 Å². The first-order chi connectivity index (χ1) is 15.6. The van der Waals surface area contributed by atoms with Crippen molar-refractivity contribution >= 4 is 17.6 Å². The second-order valence-electron chi connectivity index (χ2n) is 8.08. The van der Waals surface area contributed by atoms with Crippen molar-refractivity contribution < 1.29 is 24.2 Å². The summed E-state index contributed by atoms with van der Waals surface area (Å²) in [6.45, 7) is 5.39. The zero-order valence-electron chi connectivity index (χ0n) is 17.9. The van der Waals surface area contributed by atoms with E-state index in [1.807, 2.05) is 12.3 Å². The number of rotatable bonds is 8. The molecule has 0 radical (unpaired) electrons. The van der Waals surface area contributed by atoms with Gasteiger partial charge in [-0.15, -0.1) is 0 Å². The Kier molecular flexibility index (Phi) is 7.18. The van der Waals surface area contributed by atoms with Crippen LogP contribution in [0.25, 0.3) is 0 Å². The van der Waals surface area contributed by atoms with E-state index < -0.39 is 11.9 Å². The third-order valence-electron chi connectivity index (χ3n) is 5.68. The Morgan fingerprint density at radius 1 is 1.06 bits per heavy atom. The molecule has 0 bridgehead atoms. The summed E-state index contributed by atoms with van der Waals surface area (Å²) < 4.78 is 11.0. The van der Waals surface area contributed by atoms with Crippen molar-refractivity contribution in [1.29, 1.82) is 0 Å². The van der Waals surface area contributed by atoms with Crippen molar-refractivity contribution in [2.24, 2.45) is 5.92 Å². The summed E-state index contributed by atoms with van der Waals surface area (Å²) in [4.78, 5) is 32.9. The van der Waals surface area contributed by atoms with E-state index in [-0.39, 0.29) is 12.3 Å². The largest absolute Gasteiger partial charge is 0.486 e. The van der Waals surface area contributed by atoms with Crippen LogP contribution in [0, 0.1) is 5.92 Å². The van der Waals surface area contributed by atoms with E-state index in [9.17, 15) is 14.7 Å². The Bertz CT molecular complexity index is 931. The second-order valence-corrected chi connectivity index (χ2v) is 8.08. The molecule has 0 spiro atoms. The summed E-state index contributed by atoms with van der Waals surface area (Å²) in [5.41, 5.74) is 1.73. The van der Waals surface area contributed by atoms with Gasteiger partial charge in [-0.3, -0.25) is 24.4 Å². The molecule has 1 fully saturated rings. The van der Waals surface area contributed by atoms with Crippen molar-refractivity contribution in [3.63, 3.8) is 0 Å². The van der Waals surface area contributed by atoms with Gasteiger partial charge in [-0.1, -0.05) is 6.07 Å². The quantitative estimate of drug-likeness (QED) is 0.639. The molecule has 3 heterocycles. The lowest BCUT2D eigenvalue weighted by Crippen LogP contribution is -2.48. The number of fused-ring (bicyclic) bond motifs is 1. The van der Waals surface area contributed by atoms with Crippen molar-refractivity contribution in [1.82, 2.24) is 14.8 Å². The fraction of sp³-hybridized carbons (Fsp3) is 0.435. The van der Waals surface area contributed by atoms with Crippen LogP contribution < -0.4 is 14.8 Å². The van der Waals surface area contributed by atoms with Gasteiger partial charge in [0.2, 0.25) is 5.91 Å². The zero-order chi connectivity index (χ0) is 22.3. The molecule has 1 aromatic heterocycles. The normalized spacial score (nSPS) is 17.5. The number of carboxylic acid groups (broad SMARTS) is 1. The number of carbonyl (C=O) groups is 2. The Morgan fingerprint density at radius 2 is 1.81 bits per heavy atom. The Morgan fingerprint density at radius 3 is 2.53 bits per heavy atom. The Balaban J connectivity index is 1.26. The molecule has 32 heavy (non-hydrogen) atoms. The maximum atomic E-state index is 12.5. The number of aliphatic carboxylic acids is 1. The molecule has 0 aliphatic carbocycles. The maximum Gasteiger partial charge on any atom is 0.308 e. The number of pyridine rings is 1. The average molecular weight is 441 g/mol. The number of anilines is 1. The molecule has 9 heteroatoms. The van der Waals surface area contributed by atoms with Gasteiger partial charge in [0.05, 0.1) is 5.92 Å². The van der Waals surface area contributed by atoms with Gasteiger partial charge in [0.15, 0.2) is 11.5 Å². The number of nitrogens with zero attached hydrogens (tertiary/aromatic N) is 3. The number of aromatic nitrogens is 1. The number of hydrogen-bond donors (Lipinski definition) is 2. The van der Waals surface area contributed by atoms with Crippen LogP contribution in [-0.2, 0) is 16.1 Å². The predicted octanol–water partition coefficient (Wildman–Crippen LogP) is 1.70. The third kappa shape index (κ3) is 5.95. The number of ether oxygens (including phenoxy) is 2. The Hall–Kier alpha value is -3.17. The molecule has 1 amide bonds. The summed E-state index contributed by atoms with van der Waals surface area (Å²) in [6, 6.07) is 9.15. The molecule has 0 unspecified atom stereocenters. The molecule has 2 N–H and O–H groups in total. The standard InChI is InChI=1S/C23H28N4O5/c28-22(25-19-3-4-20-21(13-19)32-11-10-31-20)12-18(23(29)30)16-27-8-6-26(7-9-27)15-17-2-1-5-24-14-17/h1-5,13-14,18H,6-12,15-16H2,(H,25,28)(H,29,30)/t18-/m1/s1. The van der Waals surface area contributed by atoms with Crippen LogP contribution in [0.2, 0.25) is 0 Å². The van der Waals surface area contributed by atoms with Gasteiger partial charge < -0.3 is 19.9 Å². The summed E-state index contributed by atoms with van der Waals surface area (Å²) >= 11 is 0. The van der Waals surface area contributed by atoms with Gasteiger partial charge in [0.25, 0.3) is 0 Å². The van der Waals surface area contributed by atoms with Crippen LogP contribution in [0.3, 0.4) is 0 Å². The monoisotopic (exact) mass is 440 g/mol. The molecule has 170 valence electrons. The number of benzene rings is 1. The molecule has 2 aliphatic heterocycles. The lowest BCUT2D eigenvalue weighted by Gasteiger charge is -2.35. The molecule has 1 atom stereocenters. The van der Waals surface area contributed by atoms with Crippen molar-refractivity contribution in [2.45, 2.75) is 13.0 Å². The van der Waals surface area contributed by atoms with Crippen molar-refractivity contribution in [3.8, 4) is 11.5 Å². The Labute approximate surface area is 186 Å². The molecular weight excluding hydrogens is 412 g/mol. The van der Waals surface area contributed by atoms with Crippen LogP contribution >= 0.6 is 0 Å². The smallest absolute Gasteiger partial charge is 0.308 e. The minimum Gasteiger partial charge on any atom is -0.486 e. The van der Waals surface area contributed by atoms with E-state index >= 15 is 0 Å². The first-order valence-electron chi connectivity index (χ1n) is 10.8. The lowest BCUT2D eigenvalue weighted by atomic mass is 10.0. The van der Waals surface area contributed by atoms with E-state index in [2.05, 4.69) is 26.2 Å². The van der Waals surface area contributed by atoms with E-state index in [0.717, 1.165) is 32.7 Å². The summed E-state index contributed by atoms with van der Waals surface area (Å²) in [7, 11) is 0. The zero-order valence-corrected chi connectivity index (χ0v) is 17.9. The van der Waals surface area contributed by atoms with Crippen molar-refractivity contribution in [3.05, 3.63) is 48.3 Å². The van der Waals surface area contributed by atoms with Crippen molar-refractivity contribution in [2.75, 3.05) is 51.3 Å². The minimum absolute atomic E-state index is 0.0837. The molecule has 9 nitrogen and oxygen atoms in total. The number of hydrogen-bond acceptors (Lipinski definition) is 7. The van der Waals surface area contributed by atoms with Gasteiger partial charge >= 0.3 is 5.97 Å². The van der Waals surface area contributed by atoms with Crippen LogP contribution in [0.15, 0.2) is 42.7 Å². The molecule has 4 rings (SSSR count). The van der Waals surface area contributed by atoms with Gasteiger partial charge in [0, 0.05) is 69.8 Å². The molecule has 2 aliphatic rings. The fourth-order valence-electron chi connectivity index (χ4n) is 3.98. The first-order valence-corrected chi connectivity index (χ1v) is 10.8. The topological polar surface area (TPSA) is 104 Å². The van der Waals surface area contributed by atoms with E-state index in [1.165, 1.54) is 5.56 Å². The molecule has 1 aromatic carbocycles. The molecule has 0 saturated carbocycles. The highest BCUT2D eigenvalue weighted by atomic mass is 16.6. The molecular formula is C23H28N4O5. The molecule has 1 saturated heterocycles. The predicted molar refractivity (Wildman–Crippen MR) is 118 cm³/mol. The number of carbonyl (C=O) groups excluding carboxylic acids is 1. The third-order valence-corrected chi connectivity index (χ3v) is 5.68. The lowest BCUT2D eigenvalue weighted by molar-refractivity contribution is -0.144. The van der Waals surface area contributed by atoms with Crippen LogP contribution in [0.4, 0.5) is 5.69 Å². The number of nitrogens with one attached hydrogen (secondary N) is 1. The van der Waals surface area contributed by atoms with Gasteiger partial charge in [0.1, 0.15) is 13.2 Å². The van der Waals surface area contributed by atoms with Crippen LogP contribution in [0.1, 0.15) is 12.0 Å². The van der Waals surface area contributed by atoms with Gasteiger partial charge in [-0.2, -0.15) is 0 Å². The average Bonchev–Trinajstić information content (AvgIpc) is 2.80. The highest BCUT2D eigenvalue weighted by molar-refractivity contribution is 5.93. The van der Waals surface area contributed by atoms with Gasteiger partial charge in [-0.05, 0) is 23.8 Å². The van der Waals surface area contributed by atoms with E-state index in [4.69, 9.17) is 9.47 Å². The summed E-state index contributed by atoms with van der Waals surface area (Å²) in [5.74, 6) is -0.838. The SMILES string of the molecule is O=C(C[C@H](CN1CCN(Cc2cccnc2)CC1)C(=O)O)Nc1ccc2c(c1)OCCO2. The van der Waals surface area contributed by atoms with Gasteiger partial charge in [-0.25, -0.2) is 0 Å². The van der Waals surface area contributed by atoms with E-state index in [0.29, 0.717) is 36.9 Å². The minimum atomic E-state index is -0.958. The number of carboxylic acids is 1. The number of amides is 1. The second kappa shape index (κ2) is 10.4. The van der Waals surface area contributed by atoms with Crippen LogP contribution in [0.5, 0.6) is 11.5 Å². The number of piperazine rings is 1.